The second kappa shape index (κ2) is 5.10. The third-order valence-corrected chi connectivity index (χ3v) is 3.43. The maximum absolute atomic E-state index is 11.5. The zero-order chi connectivity index (χ0) is 13.2. The van der Waals surface area contributed by atoms with Crippen LogP contribution in [-0.2, 0) is 17.7 Å². The fraction of sp³-hybridized carbons (Fsp3) is 0.538. The maximum atomic E-state index is 11.5. The number of aryl methyl sites for hydroxylation is 1. The number of alkyl carbamates (subject to hydrolysis) is 1. The molecule has 1 aliphatic carbocycles. The Morgan fingerprint density at radius 1 is 1.56 bits per heavy atom. The van der Waals surface area contributed by atoms with Crippen LogP contribution in [0.1, 0.15) is 42.8 Å². The Hall–Kier alpha value is -1.36. The van der Waals surface area contributed by atoms with E-state index in [-0.39, 0.29) is 0 Å². The normalized spacial score (nSPS) is 14.2. The Kier molecular flexibility index (Phi) is 3.71. The molecule has 1 aromatic heterocycles. The molecule has 1 N–H and O–H groups in total. The molecule has 1 heterocycles. The first-order valence-corrected chi connectivity index (χ1v) is 6.88. The smallest absolute Gasteiger partial charge is 0.408 e. The number of carbonyl (C=O) groups is 1. The van der Waals surface area contributed by atoms with Gasteiger partial charge in [-0.25, -0.2) is 9.78 Å². The molecule has 0 aromatic carbocycles. The number of hydrogen-bond acceptors (Lipinski definition) is 4. The molecule has 98 valence electrons. The first-order valence-electron chi connectivity index (χ1n) is 6.06. The van der Waals surface area contributed by atoms with E-state index in [0.717, 1.165) is 23.5 Å². The number of rotatable bonds is 2. The van der Waals surface area contributed by atoms with Gasteiger partial charge < -0.3 is 10.1 Å². The highest BCUT2D eigenvalue weighted by molar-refractivity contribution is 7.12. The first kappa shape index (κ1) is 13.1. The van der Waals surface area contributed by atoms with Crippen LogP contribution in [0.2, 0.25) is 0 Å². The van der Waals surface area contributed by atoms with Crippen LogP contribution in [0.5, 0.6) is 0 Å². The van der Waals surface area contributed by atoms with Crippen LogP contribution >= 0.6 is 11.3 Å². The van der Waals surface area contributed by atoms with E-state index in [0.29, 0.717) is 6.54 Å². The van der Waals surface area contributed by atoms with Gasteiger partial charge in [0.15, 0.2) is 0 Å². The molecule has 0 atom stereocenters. The average Bonchev–Trinajstić information content (AvgIpc) is 2.66. The van der Waals surface area contributed by atoms with Gasteiger partial charge in [-0.1, -0.05) is 6.08 Å². The standard InChI is InChI=1S/C13H18N2O2S/c1-13(2,3)17-12(16)14-8-11-15-9-6-4-5-7-10(9)18-11/h5,7H,4,6,8H2,1-3H3,(H,14,16). The van der Waals surface area contributed by atoms with Crippen molar-refractivity contribution in [2.75, 3.05) is 0 Å². The predicted octanol–water partition coefficient (Wildman–Crippen LogP) is 3.13. The molecule has 1 aromatic rings. The topological polar surface area (TPSA) is 51.2 Å². The van der Waals surface area contributed by atoms with Crippen LogP contribution in [-0.4, -0.2) is 16.7 Å². The lowest BCUT2D eigenvalue weighted by atomic mass is 10.1. The minimum atomic E-state index is -0.463. The zero-order valence-corrected chi connectivity index (χ0v) is 11.8. The number of fused-ring (bicyclic) bond motifs is 1. The molecule has 4 nitrogen and oxygen atoms in total. The van der Waals surface area contributed by atoms with Gasteiger partial charge in [0.1, 0.15) is 10.6 Å². The molecule has 2 rings (SSSR count). The minimum Gasteiger partial charge on any atom is -0.444 e. The molecule has 0 saturated carbocycles. The molecule has 0 saturated heterocycles. The van der Waals surface area contributed by atoms with Crippen molar-refractivity contribution in [3.8, 4) is 0 Å². The largest absolute Gasteiger partial charge is 0.444 e. The Morgan fingerprint density at radius 3 is 3.00 bits per heavy atom. The molecule has 0 unspecified atom stereocenters. The Morgan fingerprint density at radius 2 is 2.33 bits per heavy atom. The number of allylic oxidation sites excluding steroid dienone is 1. The lowest BCUT2D eigenvalue weighted by Gasteiger charge is -2.19. The van der Waals surface area contributed by atoms with Crippen LogP contribution in [0.4, 0.5) is 4.79 Å². The van der Waals surface area contributed by atoms with Gasteiger partial charge in [-0.2, -0.15) is 0 Å². The lowest BCUT2D eigenvalue weighted by Crippen LogP contribution is -2.32. The van der Waals surface area contributed by atoms with Crippen molar-refractivity contribution in [1.82, 2.24) is 10.3 Å². The molecular weight excluding hydrogens is 248 g/mol. The summed E-state index contributed by atoms with van der Waals surface area (Å²) in [5.41, 5.74) is 0.679. The second-order valence-electron chi connectivity index (χ2n) is 5.22. The number of ether oxygens (including phenoxy) is 1. The van der Waals surface area contributed by atoms with Crippen molar-refractivity contribution >= 4 is 23.5 Å². The van der Waals surface area contributed by atoms with E-state index < -0.39 is 11.7 Å². The molecule has 18 heavy (non-hydrogen) atoms. The molecule has 0 fully saturated rings. The van der Waals surface area contributed by atoms with E-state index in [9.17, 15) is 4.79 Å². The quantitative estimate of drug-likeness (QED) is 0.894. The molecular formula is C13H18N2O2S. The van der Waals surface area contributed by atoms with Gasteiger partial charge in [-0.3, -0.25) is 0 Å². The molecule has 0 radical (unpaired) electrons. The fourth-order valence-electron chi connectivity index (χ4n) is 1.67. The Labute approximate surface area is 111 Å². The number of amides is 1. The van der Waals surface area contributed by atoms with E-state index in [4.69, 9.17) is 4.74 Å². The Balaban J connectivity index is 1.89. The summed E-state index contributed by atoms with van der Waals surface area (Å²) in [7, 11) is 0. The number of nitrogens with one attached hydrogen (secondary N) is 1. The van der Waals surface area contributed by atoms with Gasteiger partial charge in [0.05, 0.1) is 17.1 Å². The third kappa shape index (κ3) is 3.57. The van der Waals surface area contributed by atoms with Gasteiger partial charge in [0, 0.05) is 0 Å². The Bertz CT molecular complexity index is 472. The number of aromatic nitrogens is 1. The first-order chi connectivity index (χ1) is 8.44. The third-order valence-electron chi connectivity index (χ3n) is 2.37. The van der Waals surface area contributed by atoms with Gasteiger partial charge in [-0.05, 0) is 39.7 Å². The van der Waals surface area contributed by atoms with Crippen molar-refractivity contribution in [1.29, 1.82) is 0 Å². The summed E-state index contributed by atoms with van der Waals surface area (Å²) >= 11 is 1.63. The van der Waals surface area contributed by atoms with E-state index in [2.05, 4.69) is 22.5 Å². The van der Waals surface area contributed by atoms with Crippen molar-refractivity contribution in [3.05, 3.63) is 21.7 Å². The summed E-state index contributed by atoms with van der Waals surface area (Å²) in [5.74, 6) is 0. The van der Waals surface area contributed by atoms with Gasteiger partial charge in [0.2, 0.25) is 0 Å². The number of nitrogens with zero attached hydrogens (tertiary/aromatic N) is 1. The van der Waals surface area contributed by atoms with Crippen LogP contribution in [0.3, 0.4) is 0 Å². The van der Waals surface area contributed by atoms with Crippen molar-refractivity contribution in [2.45, 2.75) is 45.8 Å². The summed E-state index contributed by atoms with van der Waals surface area (Å²) in [5, 5.41) is 3.66. The summed E-state index contributed by atoms with van der Waals surface area (Å²) < 4.78 is 5.17. The molecule has 0 spiro atoms. The van der Waals surface area contributed by atoms with Crippen molar-refractivity contribution in [2.24, 2.45) is 0 Å². The number of hydrogen-bond donors (Lipinski definition) is 1. The summed E-state index contributed by atoms with van der Waals surface area (Å²) in [6, 6.07) is 0. The average molecular weight is 266 g/mol. The van der Waals surface area contributed by atoms with Crippen molar-refractivity contribution in [3.63, 3.8) is 0 Å². The highest BCUT2D eigenvalue weighted by Gasteiger charge is 2.17. The van der Waals surface area contributed by atoms with Crippen LogP contribution in [0, 0.1) is 0 Å². The SMILES string of the molecule is CC(C)(C)OC(=O)NCc1nc2c(s1)C=CCC2. The highest BCUT2D eigenvalue weighted by atomic mass is 32.1. The van der Waals surface area contributed by atoms with Crippen molar-refractivity contribution < 1.29 is 9.53 Å². The predicted molar refractivity (Wildman–Crippen MR) is 72.5 cm³/mol. The second-order valence-corrected chi connectivity index (χ2v) is 6.33. The number of thiazole rings is 1. The lowest BCUT2D eigenvalue weighted by molar-refractivity contribution is 0.0523. The molecule has 1 amide bonds. The highest BCUT2D eigenvalue weighted by Crippen LogP contribution is 2.25. The van der Waals surface area contributed by atoms with Gasteiger partial charge >= 0.3 is 6.09 Å². The monoisotopic (exact) mass is 266 g/mol. The summed E-state index contributed by atoms with van der Waals surface area (Å²) in [6.45, 7) is 5.97. The summed E-state index contributed by atoms with van der Waals surface area (Å²) in [6.07, 6.45) is 5.91. The van der Waals surface area contributed by atoms with Crippen LogP contribution in [0.15, 0.2) is 6.08 Å². The minimum absolute atomic E-state index is 0.397. The van der Waals surface area contributed by atoms with E-state index in [1.165, 1.54) is 4.88 Å². The van der Waals surface area contributed by atoms with Gasteiger partial charge in [0.25, 0.3) is 0 Å². The van der Waals surface area contributed by atoms with Crippen LogP contribution in [0.25, 0.3) is 6.08 Å². The molecule has 5 heteroatoms. The fourth-order valence-corrected chi connectivity index (χ4v) is 2.66. The molecule has 1 aliphatic rings. The molecule has 0 bridgehead atoms. The maximum Gasteiger partial charge on any atom is 0.408 e. The molecule has 0 aliphatic heterocycles. The van der Waals surface area contributed by atoms with E-state index in [1.807, 2.05) is 20.8 Å². The van der Waals surface area contributed by atoms with E-state index in [1.54, 1.807) is 11.3 Å². The van der Waals surface area contributed by atoms with Gasteiger partial charge in [-0.15, -0.1) is 11.3 Å². The number of carbonyl (C=O) groups excluding carboxylic acids is 1. The summed E-state index contributed by atoms with van der Waals surface area (Å²) in [4.78, 5) is 17.2. The zero-order valence-electron chi connectivity index (χ0n) is 10.9. The van der Waals surface area contributed by atoms with Crippen LogP contribution < -0.4 is 5.32 Å². The van der Waals surface area contributed by atoms with E-state index >= 15 is 0 Å².